The minimum Gasteiger partial charge on any atom is -0.385 e. The van der Waals surface area contributed by atoms with Crippen molar-refractivity contribution < 1.29 is 0 Å². The number of aromatic nitrogens is 1. The molecule has 112 valence electrons. The average molecular weight is 284 g/mol. The Morgan fingerprint density at radius 3 is 2.67 bits per heavy atom. The van der Waals surface area contributed by atoms with E-state index in [1.165, 1.54) is 19.3 Å². The van der Waals surface area contributed by atoms with Gasteiger partial charge in [-0.2, -0.15) is 0 Å². The number of pyridine rings is 1. The summed E-state index contributed by atoms with van der Waals surface area (Å²) in [6.45, 7) is 4.51. The van der Waals surface area contributed by atoms with Gasteiger partial charge in [-0.15, -0.1) is 0 Å². The topological polar surface area (TPSA) is 48.0 Å². The highest BCUT2D eigenvalue weighted by Gasteiger charge is 2.30. The molecule has 1 aliphatic rings. The molecule has 3 heteroatoms. The van der Waals surface area contributed by atoms with Gasteiger partial charge in [-0.3, -0.25) is 9.36 Å². The lowest BCUT2D eigenvalue weighted by molar-refractivity contribution is 0.183. The lowest BCUT2D eigenvalue weighted by Crippen LogP contribution is -2.35. The molecule has 3 rings (SSSR count). The van der Waals surface area contributed by atoms with E-state index in [4.69, 9.17) is 5.73 Å². The molecule has 0 spiro atoms. The first kappa shape index (κ1) is 14.2. The zero-order valence-electron chi connectivity index (χ0n) is 12.9. The van der Waals surface area contributed by atoms with Crippen LogP contribution < -0.4 is 11.3 Å². The molecule has 0 amide bonds. The van der Waals surface area contributed by atoms with Crippen molar-refractivity contribution >= 4 is 16.6 Å². The van der Waals surface area contributed by atoms with Crippen LogP contribution in [-0.2, 0) is 0 Å². The molecule has 0 saturated heterocycles. The molecule has 1 aliphatic carbocycles. The summed E-state index contributed by atoms with van der Waals surface area (Å²) in [5.41, 5.74) is 6.32. The first-order chi connectivity index (χ1) is 10.1. The molecule has 0 bridgehead atoms. The van der Waals surface area contributed by atoms with Gasteiger partial charge >= 0.3 is 0 Å². The lowest BCUT2D eigenvalue weighted by atomic mass is 9.77. The maximum Gasteiger partial charge on any atom is 0.260 e. The second-order valence-electron chi connectivity index (χ2n) is 6.59. The molecule has 2 aromatic rings. The minimum atomic E-state index is 0.0724. The minimum absolute atomic E-state index is 0.0724. The molecule has 1 aromatic heterocycles. The van der Waals surface area contributed by atoms with Gasteiger partial charge < -0.3 is 5.73 Å². The third-order valence-corrected chi connectivity index (χ3v) is 4.96. The maximum absolute atomic E-state index is 12.9. The van der Waals surface area contributed by atoms with Gasteiger partial charge in [-0.05, 0) is 42.2 Å². The van der Waals surface area contributed by atoms with Gasteiger partial charge in [0.2, 0.25) is 0 Å². The van der Waals surface area contributed by atoms with Gasteiger partial charge in [-0.25, -0.2) is 0 Å². The second kappa shape index (κ2) is 5.55. The summed E-state index contributed by atoms with van der Waals surface area (Å²) in [5.74, 6) is 1.73. The number of hydrogen-bond donors (Lipinski definition) is 1. The summed E-state index contributed by atoms with van der Waals surface area (Å²) >= 11 is 0. The fraction of sp³-hybridized carbons (Fsp3) is 0.500. The molecule has 1 heterocycles. The van der Waals surface area contributed by atoms with Crippen LogP contribution in [0, 0.1) is 11.8 Å². The number of anilines is 1. The predicted octanol–water partition coefficient (Wildman–Crippen LogP) is 3.97. The number of fused-ring (bicyclic) bond motifs is 1. The monoisotopic (exact) mass is 284 g/mol. The summed E-state index contributed by atoms with van der Waals surface area (Å²) in [6, 6.07) is 9.92. The molecule has 21 heavy (non-hydrogen) atoms. The number of nitrogen functional groups attached to an aromatic ring is 1. The zero-order chi connectivity index (χ0) is 15.0. The molecule has 1 saturated carbocycles. The Morgan fingerprint density at radius 1 is 1.19 bits per heavy atom. The number of benzene rings is 1. The Morgan fingerprint density at radius 2 is 1.90 bits per heavy atom. The quantitative estimate of drug-likeness (QED) is 0.907. The SMILES string of the molecule is CC(C)C1CCCCC1n1c(N)cc2ccccc2c1=O. The smallest absolute Gasteiger partial charge is 0.260 e. The van der Waals surface area contributed by atoms with E-state index in [1.807, 2.05) is 34.9 Å². The maximum atomic E-state index is 12.9. The van der Waals surface area contributed by atoms with Gasteiger partial charge in [0.15, 0.2) is 0 Å². The van der Waals surface area contributed by atoms with Gasteiger partial charge in [0.1, 0.15) is 5.82 Å². The van der Waals surface area contributed by atoms with Crippen LogP contribution in [0.2, 0.25) is 0 Å². The summed E-state index contributed by atoms with van der Waals surface area (Å²) in [7, 11) is 0. The fourth-order valence-corrected chi connectivity index (χ4v) is 3.87. The van der Waals surface area contributed by atoms with Gasteiger partial charge in [0.05, 0.1) is 0 Å². The van der Waals surface area contributed by atoms with E-state index in [9.17, 15) is 4.79 Å². The third kappa shape index (κ3) is 2.45. The molecule has 0 radical (unpaired) electrons. The zero-order valence-corrected chi connectivity index (χ0v) is 12.9. The van der Waals surface area contributed by atoms with Crippen LogP contribution in [0.3, 0.4) is 0 Å². The normalized spacial score (nSPS) is 22.8. The molecule has 1 aromatic carbocycles. The Bertz CT molecular complexity index is 702. The Kier molecular flexibility index (Phi) is 3.75. The van der Waals surface area contributed by atoms with Crippen molar-refractivity contribution in [2.75, 3.05) is 5.73 Å². The summed E-state index contributed by atoms with van der Waals surface area (Å²) in [6.07, 6.45) is 4.71. The highest BCUT2D eigenvalue weighted by molar-refractivity contribution is 5.83. The van der Waals surface area contributed by atoms with Crippen LogP contribution in [0.4, 0.5) is 5.82 Å². The van der Waals surface area contributed by atoms with Crippen molar-refractivity contribution in [2.45, 2.75) is 45.6 Å². The Labute approximate surface area is 125 Å². The van der Waals surface area contributed by atoms with Crippen molar-refractivity contribution in [1.29, 1.82) is 0 Å². The first-order valence-electron chi connectivity index (χ1n) is 7.99. The van der Waals surface area contributed by atoms with Crippen molar-refractivity contribution in [3.63, 3.8) is 0 Å². The molecule has 0 aliphatic heterocycles. The number of nitrogens with two attached hydrogens (primary N) is 1. The van der Waals surface area contributed by atoms with Crippen molar-refractivity contribution in [3.05, 3.63) is 40.7 Å². The number of nitrogens with zero attached hydrogens (tertiary/aromatic N) is 1. The molecule has 2 N–H and O–H groups in total. The standard InChI is InChI=1S/C18H24N2O/c1-12(2)14-8-5-6-10-16(14)20-17(19)11-13-7-3-4-9-15(13)18(20)21/h3-4,7,9,11-12,14,16H,5-6,8,10,19H2,1-2H3. The third-order valence-electron chi connectivity index (χ3n) is 4.96. The molecule has 2 unspecified atom stereocenters. The van der Waals surface area contributed by atoms with Gasteiger partial charge in [0, 0.05) is 11.4 Å². The van der Waals surface area contributed by atoms with Crippen LogP contribution >= 0.6 is 0 Å². The van der Waals surface area contributed by atoms with E-state index >= 15 is 0 Å². The Balaban J connectivity index is 2.17. The first-order valence-corrected chi connectivity index (χ1v) is 7.99. The molecular weight excluding hydrogens is 260 g/mol. The Hall–Kier alpha value is -1.77. The highest BCUT2D eigenvalue weighted by Crippen LogP contribution is 2.39. The average Bonchev–Trinajstić information content (AvgIpc) is 2.47. The summed E-state index contributed by atoms with van der Waals surface area (Å²) in [5, 5.41) is 1.72. The largest absolute Gasteiger partial charge is 0.385 e. The molecule has 3 nitrogen and oxygen atoms in total. The van der Waals surface area contributed by atoms with E-state index in [1.54, 1.807) is 0 Å². The van der Waals surface area contributed by atoms with Crippen LogP contribution in [0.5, 0.6) is 0 Å². The van der Waals surface area contributed by atoms with Crippen molar-refractivity contribution in [3.8, 4) is 0 Å². The van der Waals surface area contributed by atoms with Crippen molar-refractivity contribution in [1.82, 2.24) is 4.57 Å². The van der Waals surface area contributed by atoms with E-state index in [0.29, 0.717) is 17.7 Å². The van der Waals surface area contributed by atoms with E-state index in [2.05, 4.69) is 13.8 Å². The van der Waals surface area contributed by atoms with Crippen LogP contribution in [0.15, 0.2) is 35.1 Å². The van der Waals surface area contributed by atoms with Gasteiger partial charge in [-0.1, -0.05) is 44.9 Å². The summed E-state index contributed by atoms with van der Waals surface area (Å²) < 4.78 is 1.87. The van der Waals surface area contributed by atoms with Crippen molar-refractivity contribution in [2.24, 2.45) is 11.8 Å². The van der Waals surface area contributed by atoms with E-state index in [-0.39, 0.29) is 11.6 Å². The van der Waals surface area contributed by atoms with Crippen LogP contribution in [0.1, 0.15) is 45.6 Å². The van der Waals surface area contributed by atoms with Gasteiger partial charge in [0.25, 0.3) is 5.56 Å². The molecule has 2 atom stereocenters. The van der Waals surface area contributed by atoms with E-state index < -0.39 is 0 Å². The predicted molar refractivity (Wildman–Crippen MR) is 88.5 cm³/mol. The lowest BCUT2D eigenvalue weighted by Gasteiger charge is -2.36. The summed E-state index contributed by atoms with van der Waals surface area (Å²) in [4.78, 5) is 12.9. The van der Waals surface area contributed by atoms with Crippen LogP contribution in [-0.4, -0.2) is 4.57 Å². The highest BCUT2D eigenvalue weighted by atomic mass is 16.1. The van der Waals surface area contributed by atoms with E-state index in [0.717, 1.165) is 17.2 Å². The number of hydrogen-bond acceptors (Lipinski definition) is 2. The fourth-order valence-electron chi connectivity index (χ4n) is 3.87. The number of rotatable bonds is 2. The molecule has 1 fully saturated rings. The molecular formula is C18H24N2O. The second-order valence-corrected chi connectivity index (χ2v) is 6.59. The van der Waals surface area contributed by atoms with Crippen LogP contribution in [0.25, 0.3) is 10.8 Å².